The molecule has 1 heterocycles. The molecule has 0 unspecified atom stereocenters. The first-order valence-corrected chi connectivity index (χ1v) is 5.69. The van der Waals surface area contributed by atoms with Gasteiger partial charge in [0.1, 0.15) is 0 Å². The van der Waals surface area contributed by atoms with Gasteiger partial charge in [-0.1, -0.05) is 37.3 Å². The Morgan fingerprint density at radius 2 is 2.12 bits per heavy atom. The Balaban J connectivity index is 2.49. The van der Waals surface area contributed by atoms with E-state index in [-0.39, 0.29) is 0 Å². The summed E-state index contributed by atoms with van der Waals surface area (Å²) in [7, 11) is 0. The van der Waals surface area contributed by atoms with Gasteiger partial charge in [0.25, 0.3) is 0 Å². The van der Waals surface area contributed by atoms with Gasteiger partial charge >= 0.3 is 0 Å². The van der Waals surface area contributed by atoms with Gasteiger partial charge < -0.3 is 10.3 Å². The van der Waals surface area contributed by atoms with Gasteiger partial charge in [0.15, 0.2) is 0 Å². The molecule has 0 bridgehead atoms. The first-order chi connectivity index (χ1) is 7.76. The van der Waals surface area contributed by atoms with E-state index in [1.54, 1.807) is 0 Å². The molecule has 1 aromatic carbocycles. The van der Waals surface area contributed by atoms with E-state index >= 15 is 0 Å². The van der Waals surface area contributed by atoms with Crippen molar-refractivity contribution in [1.82, 2.24) is 4.57 Å². The lowest BCUT2D eigenvalue weighted by Crippen LogP contribution is -1.98. The second-order valence-corrected chi connectivity index (χ2v) is 4.11. The molecule has 2 aromatic rings. The van der Waals surface area contributed by atoms with Crippen molar-refractivity contribution in [2.75, 3.05) is 0 Å². The molecule has 2 nitrogen and oxygen atoms in total. The first-order valence-electron chi connectivity index (χ1n) is 5.69. The van der Waals surface area contributed by atoms with Crippen molar-refractivity contribution < 1.29 is 0 Å². The Hall–Kier alpha value is -1.54. The molecule has 0 aliphatic carbocycles. The summed E-state index contributed by atoms with van der Waals surface area (Å²) in [5, 5.41) is 1.26. The van der Waals surface area contributed by atoms with E-state index in [4.69, 9.17) is 5.73 Å². The lowest BCUT2D eigenvalue weighted by atomic mass is 10.2. The Morgan fingerprint density at radius 3 is 2.81 bits per heavy atom. The van der Waals surface area contributed by atoms with Crippen LogP contribution in [-0.2, 0) is 13.1 Å². The fourth-order valence-electron chi connectivity index (χ4n) is 1.97. The third-order valence-corrected chi connectivity index (χ3v) is 2.98. The summed E-state index contributed by atoms with van der Waals surface area (Å²) in [5.74, 6) is 0. The van der Waals surface area contributed by atoms with Crippen LogP contribution in [0.1, 0.15) is 18.9 Å². The van der Waals surface area contributed by atoms with E-state index in [0.717, 1.165) is 13.0 Å². The highest BCUT2D eigenvalue weighted by Gasteiger charge is 2.06. The molecule has 1 aromatic heterocycles. The molecule has 2 heteroatoms. The summed E-state index contributed by atoms with van der Waals surface area (Å²) in [5.41, 5.74) is 9.45. The third kappa shape index (κ3) is 1.89. The van der Waals surface area contributed by atoms with Gasteiger partial charge in [0.05, 0.1) is 0 Å². The second-order valence-electron chi connectivity index (χ2n) is 4.11. The molecular weight excluding hydrogens is 196 g/mol. The van der Waals surface area contributed by atoms with E-state index in [1.807, 2.05) is 0 Å². The fraction of sp³-hybridized carbons (Fsp3) is 0.286. The summed E-state index contributed by atoms with van der Waals surface area (Å²) >= 11 is 0. The highest BCUT2D eigenvalue weighted by Crippen LogP contribution is 2.21. The SMILES string of the molecule is C=C(CC)Cn1cc(CN)c2ccccc21. The van der Waals surface area contributed by atoms with Crippen molar-refractivity contribution in [1.29, 1.82) is 0 Å². The molecule has 2 rings (SSSR count). The Kier molecular flexibility index (Phi) is 3.11. The maximum Gasteiger partial charge on any atom is 0.0486 e. The number of para-hydroxylation sites is 1. The molecule has 84 valence electrons. The van der Waals surface area contributed by atoms with Crippen molar-refractivity contribution in [3.05, 3.63) is 48.2 Å². The molecule has 0 spiro atoms. The van der Waals surface area contributed by atoms with Crippen molar-refractivity contribution in [3.63, 3.8) is 0 Å². The zero-order valence-corrected chi connectivity index (χ0v) is 9.74. The predicted octanol–water partition coefficient (Wildman–Crippen LogP) is 3.07. The smallest absolute Gasteiger partial charge is 0.0486 e. The normalized spacial score (nSPS) is 10.9. The maximum absolute atomic E-state index is 5.76. The van der Waals surface area contributed by atoms with Crippen LogP contribution in [0.5, 0.6) is 0 Å². The first kappa shape index (κ1) is 11.0. The average Bonchev–Trinajstić information content (AvgIpc) is 2.68. The molecule has 0 atom stereocenters. The van der Waals surface area contributed by atoms with E-state index in [1.165, 1.54) is 22.0 Å². The summed E-state index contributed by atoms with van der Waals surface area (Å²) in [6.45, 7) is 7.67. The number of rotatable bonds is 4. The van der Waals surface area contributed by atoms with Gasteiger partial charge in [-0.2, -0.15) is 0 Å². The highest BCUT2D eigenvalue weighted by atomic mass is 15.0. The molecule has 0 fully saturated rings. The third-order valence-electron chi connectivity index (χ3n) is 2.98. The van der Waals surface area contributed by atoms with Crippen molar-refractivity contribution >= 4 is 10.9 Å². The van der Waals surface area contributed by atoms with E-state index in [2.05, 4.69) is 48.5 Å². The van der Waals surface area contributed by atoms with Crippen molar-refractivity contribution in [3.8, 4) is 0 Å². The minimum atomic E-state index is 0.589. The fourth-order valence-corrected chi connectivity index (χ4v) is 1.97. The molecular formula is C14H18N2. The number of allylic oxidation sites excluding steroid dienone is 1. The van der Waals surface area contributed by atoms with E-state index in [0.29, 0.717) is 6.54 Å². The summed E-state index contributed by atoms with van der Waals surface area (Å²) in [4.78, 5) is 0. The van der Waals surface area contributed by atoms with Gasteiger partial charge in [-0.3, -0.25) is 0 Å². The van der Waals surface area contributed by atoms with Crippen LogP contribution < -0.4 is 5.73 Å². The molecule has 0 amide bonds. The second kappa shape index (κ2) is 4.54. The summed E-state index contributed by atoms with van der Waals surface area (Å²) in [6, 6.07) is 8.38. The maximum atomic E-state index is 5.76. The molecule has 0 saturated carbocycles. The monoisotopic (exact) mass is 214 g/mol. The number of nitrogens with zero attached hydrogens (tertiary/aromatic N) is 1. The number of hydrogen-bond acceptors (Lipinski definition) is 1. The lowest BCUT2D eigenvalue weighted by molar-refractivity contribution is 0.786. The molecule has 0 saturated heterocycles. The number of hydrogen-bond donors (Lipinski definition) is 1. The van der Waals surface area contributed by atoms with Gasteiger partial charge in [0, 0.05) is 30.2 Å². The molecule has 0 radical (unpaired) electrons. The number of aromatic nitrogens is 1. The van der Waals surface area contributed by atoms with Crippen molar-refractivity contribution in [2.45, 2.75) is 26.4 Å². The van der Waals surface area contributed by atoms with E-state index in [9.17, 15) is 0 Å². The minimum Gasteiger partial charge on any atom is -0.343 e. The van der Waals surface area contributed by atoms with Gasteiger partial charge in [-0.25, -0.2) is 0 Å². The van der Waals surface area contributed by atoms with Gasteiger partial charge in [0.2, 0.25) is 0 Å². The zero-order valence-electron chi connectivity index (χ0n) is 9.74. The number of benzene rings is 1. The highest BCUT2D eigenvalue weighted by molar-refractivity contribution is 5.84. The van der Waals surface area contributed by atoms with Crippen LogP contribution in [0, 0.1) is 0 Å². The average molecular weight is 214 g/mol. The van der Waals surface area contributed by atoms with Crippen LogP contribution in [0.4, 0.5) is 0 Å². The Morgan fingerprint density at radius 1 is 1.38 bits per heavy atom. The largest absolute Gasteiger partial charge is 0.343 e. The van der Waals surface area contributed by atoms with Gasteiger partial charge in [-0.05, 0) is 18.1 Å². The quantitative estimate of drug-likeness (QED) is 0.779. The molecule has 2 N–H and O–H groups in total. The predicted molar refractivity (Wildman–Crippen MR) is 69.3 cm³/mol. The Bertz CT molecular complexity index is 508. The molecule has 0 aliphatic heterocycles. The standard InChI is InChI=1S/C14H18N2/c1-3-11(2)9-16-10-12(8-15)13-6-4-5-7-14(13)16/h4-7,10H,2-3,8-9,15H2,1H3. The summed E-state index contributed by atoms with van der Waals surface area (Å²) < 4.78 is 2.24. The van der Waals surface area contributed by atoms with Crippen LogP contribution >= 0.6 is 0 Å². The lowest BCUT2D eigenvalue weighted by Gasteiger charge is -2.06. The van der Waals surface area contributed by atoms with Crippen molar-refractivity contribution in [2.24, 2.45) is 5.73 Å². The van der Waals surface area contributed by atoms with E-state index < -0.39 is 0 Å². The Labute approximate surface area is 96.4 Å². The van der Waals surface area contributed by atoms with Crippen LogP contribution in [0.2, 0.25) is 0 Å². The number of nitrogens with two attached hydrogens (primary N) is 1. The topological polar surface area (TPSA) is 30.9 Å². The van der Waals surface area contributed by atoms with Crippen LogP contribution in [0.25, 0.3) is 10.9 Å². The molecule has 16 heavy (non-hydrogen) atoms. The summed E-state index contributed by atoms with van der Waals surface area (Å²) in [6.07, 6.45) is 3.16. The number of fused-ring (bicyclic) bond motifs is 1. The zero-order chi connectivity index (χ0) is 11.5. The van der Waals surface area contributed by atoms with Crippen LogP contribution in [0.15, 0.2) is 42.6 Å². The minimum absolute atomic E-state index is 0.589. The van der Waals surface area contributed by atoms with Gasteiger partial charge in [-0.15, -0.1) is 0 Å². The molecule has 0 aliphatic rings. The van der Waals surface area contributed by atoms with Crippen LogP contribution in [0.3, 0.4) is 0 Å². The van der Waals surface area contributed by atoms with Crippen LogP contribution in [-0.4, -0.2) is 4.57 Å².